The van der Waals surface area contributed by atoms with E-state index in [0.29, 0.717) is 27.6 Å². The van der Waals surface area contributed by atoms with Gasteiger partial charge in [-0.3, -0.25) is 19.7 Å². The number of carbonyl (C=O) groups is 1. The van der Waals surface area contributed by atoms with Crippen LogP contribution in [0.2, 0.25) is 0 Å². The van der Waals surface area contributed by atoms with E-state index in [1.807, 2.05) is 6.92 Å². The minimum absolute atomic E-state index is 0.153. The number of halogens is 2. The number of fused-ring (bicyclic) bond motifs is 1. The zero-order chi connectivity index (χ0) is 22.7. The lowest BCUT2D eigenvalue weighted by Gasteiger charge is -2.10. The smallest absolute Gasteiger partial charge is 0.313 e. The summed E-state index contributed by atoms with van der Waals surface area (Å²) in [5, 5.41) is 16.1. The van der Waals surface area contributed by atoms with Gasteiger partial charge in [-0.1, -0.05) is 38.8 Å². The predicted molar refractivity (Wildman–Crippen MR) is 123 cm³/mol. The van der Waals surface area contributed by atoms with Crippen LogP contribution >= 0.6 is 31.9 Å². The topological polar surface area (TPSA) is 117 Å². The van der Waals surface area contributed by atoms with Gasteiger partial charge < -0.3 is 4.74 Å². The number of nitrogens with zero attached hydrogens (tertiary/aromatic N) is 4. The highest BCUT2D eigenvalue weighted by atomic mass is 79.9. The highest BCUT2D eigenvalue weighted by Crippen LogP contribution is 2.34. The van der Waals surface area contributed by atoms with E-state index < -0.39 is 16.6 Å². The Morgan fingerprint density at radius 1 is 1.29 bits per heavy atom. The summed E-state index contributed by atoms with van der Waals surface area (Å²) in [6.07, 6.45) is 2.46. The molecule has 0 aliphatic rings. The summed E-state index contributed by atoms with van der Waals surface area (Å²) >= 11 is 6.56. The molecular weight excluding hydrogens is 536 g/mol. The number of benzene rings is 2. The van der Waals surface area contributed by atoms with E-state index in [1.54, 1.807) is 18.2 Å². The summed E-state index contributed by atoms with van der Waals surface area (Å²) in [6.45, 7) is 3.09. The minimum atomic E-state index is -0.721. The zero-order valence-corrected chi connectivity index (χ0v) is 19.6. The maximum absolute atomic E-state index is 13.1. The van der Waals surface area contributed by atoms with Crippen molar-refractivity contribution in [2.24, 2.45) is 5.10 Å². The molecule has 0 N–H and O–H groups in total. The van der Waals surface area contributed by atoms with Gasteiger partial charge in [0.1, 0.15) is 5.82 Å². The molecule has 160 valence electrons. The van der Waals surface area contributed by atoms with Gasteiger partial charge in [0.15, 0.2) is 0 Å². The lowest BCUT2D eigenvalue weighted by atomic mass is 10.2. The number of aryl methyl sites for hydroxylation is 1. The second-order valence-corrected chi connectivity index (χ2v) is 8.33. The van der Waals surface area contributed by atoms with E-state index in [4.69, 9.17) is 4.74 Å². The minimum Gasteiger partial charge on any atom is -0.419 e. The third-order valence-electron chi connectivity index (χ3n) is 4.17. The first-order valence-electron chi connectivity index (χ1n) is 9.13. The van der Waals surface area contributed by atoms with Crippen molar-refractivity contribution in [2.75, 3.05) is 0 Å². The number of esters is 1. The summed E-state index contributed by atoms with van der Waals surface area (Å²) in [5.74, 6) is -0.538. The quantitative estimate of drug-likeness (QED) is 0.145. The first kappa shape index (κ1) is 22.8. The maximum atomic E-state index is 13.1. The second-order valence-electron chi connectivity index (χ2n) is 6.50. The molecule has 2 aromatic carbocycles. The Bertz CT molecular complexity index is 1290. The van der Waals surface area contributed by atoms with Crippen molar-refractivity contribution in [3.63, 3.8) is 0 Å². The van der Waals surface area contributed by atoms with Gasteiger partial charge >= 0.3 is 11.7 Å². The highest BCUT2D eigenvalue weighted by molar-refractivity contribution is 9.10. The Hall–Kier alpha value is -2.92. The van der Waals surface area contributed by atoms with Crippen molar-refractivity contribution in [3.8, 4) is 5.75 Å². The fraction of sp³-hybridized carbons (Fsp3) is 0.200. The molecule has 0 bridgehead atoms. The molecule has 31 heavy (non-hydrogen) atoms. The van der Waals surface area contributed by atoms with Gasteiger partial charge in [0.2, 0.25) is 5.75 Å². The van der Waals surface area contributed by atoms with Crippen LogP contribution < -0.4 is 10.3 Å². The van der Waals surface area contributed by atoms with Gasteiger partial charge in [0.05, 0.1) is 22.0 Å². The molecule has 11 heteroatoms. The number of nitro benzene ring substituents is 1. The Kier molecular flexibility index (Phi) is 6.96. The van der Waals surface area contributed by atoms with Crippen molar-refractivity contribution in [1.82, 2.24) is 9.66 Å². The van der Waals surface area contributed by atoms with Crippen molar-refractivity contribution >= 4 is 60.6 Å². The number of hydrogen-bond acceptors (Lipinski definition) is 7. The molecule has 3 aromatic rings. The number of nitro groups is 1. The summed E-state index contributed by atoms with van der Waals surface area (Å²) in [5.41, 5.74) is -0.0981. The highest BCUT2D eigenvalue weighted by Gasteiger charge is 2.22. The monoisotopic (exact) mass is 550 g/mol. The first-order chi connectivity index (χ1) is 14.7. The zero-order valence-electron chi connectivity index (χ0n) is 16.5. The van der Waals surface area contributed by atoms with Gasteiger partial charge in [-0.05, 0) is 30.7 Å². The van der Waals surface area contributed by atoms with Crippen LogP contribution in [0.1, 0.15) is 31.7 Å². The Morgan fingerprint density at radius 3 is 2.68 bits per heavy atom. The lowest BCUT2D eigenvalue weighted by Crippen LogP contribution is -2.22. The molecule has 0 saturated carbocycles. The number of aromatic nitrogens is 2. The van der Waals surface area contributed by atoms with Crippen molar-refractivity contribution in [3.05, 3.63) is 71.1 Å². The summed E-state index contributed by atoms with van der Waals surface area (Å²) in [7, 11) is 0. The Labute approximate surface area is 193 Å². The standard InChI is InChI=1S/C20H16Br2N4O5/c1-3-4-18-24-16-6-5-13(21)8-15(16)20(28)25(18)23-10-12-7-14(22)9-17(26(29)30)19(12)31-11(2)27/h5-10H,3-4H2,1-2H3. The van der Waals surface area contributed by atoms with Crippen LogP contribution in [0.5, 0.6) is 5.75 Å². The summed E-state index contributed by atoms with van der Waals surface area (Å²) in [4.78, 5) is 39.9. The molecule has 0 saturated heterocycles. The normalized spacial score (nSPS) is 11.2. The predicted octanol–water partition coefficient (Wildman–Crippen LogP) is 4.59. The molecular formula is C20H16Br2N4O5. The average Bonchev–Trinajstić information content (AvgIpc) is 2.69. The molecule has 0 aliphatic carbocycles. The number of hydrogen-bond donors (Lipinski definition) is 0. The lowest BCUT2D eigenvalue weighted by molar-refractivity contribution is -0.385. The molecule has 1 aromatic heterocycles. The molecule has 0 spiro atoms. The van der Waals surface area contributed by atoms with Crippen LogP contribution in [0, 0.1) is 10.1 Å². The molecule has 0 aliphatic heterocycles. The molecule has 0 amide bonds. The molecule has 0 radical (unpaired) electrons. The van der Waals surface area contributed by atoms with Gasteiger partial charge in [0, 0.05) is 33.9 Å². The largest absolute Gasteiger partial charge is 0.419 e. The molecule has 3 rings (SSSR count). The summed E-state index contributed by atoms with van der Waals surface area (Å²) < 4.78 is 7.34. The van der Waals surface area contributed by atoms with Crippen LogP contribution in [-0.2, 0) is 11.2 Å². The van der Waals surface area contributed by atoms with Gasteiger partial charge in [-0.25, -0.2) is 4.98 Å². The second kappa shape index (κ2) is 9.48. The van der Waals surface area contributed by atoms with Crippen LogP contribution in [-0.4, -0.2) is 26.8 Å². The molecule has 1 heterocycles. The molecule has 9 nitrogen and oxygen atoms in total. The fourth-order valence-electron chi connectivity index (χ4n) is 2.91. The van der Waals surface area contributed by atoms with Crippen molar-refractivity contribution in [1.29, 1.82) is 0 Å². The molecule has 0 fully saturated rings. The van der Waals surface area contributed by atoms with E-state index in [2.05, 4.69) is 41.9 Å². The van der Waals surface area contributed by atoms with Crippen molar-refractivity contribution in [2.45, 2.75) is 26.7 Å². The van der Waals surface area contributed by atoms with Crippen LogP contribution in [0.4, 0.5) is 5.69 Å². The average molecular weight is 552 g/mol. The number of carbonyl (C=O) groups excluding carboxylic acids is 1. The Balaban J connectivity index is 2.22. The van der Waals surface area contributed by atoms with E-state index in [1.165, 1.54) is 18.3 Å². The third-order valence-corrected chi connectivity index (χ3v) is 5.12. The van der Waals surface area contributed by atoms with Gasteiger partial charge in [-0.2, -0.15) is 9.78 Å². The van der Waals surface area contributed by atoms with E-state index >= 15 is 0 Å². The SMILES string of the molecule is CCCc1nc2ccc(Br)cc2c(=O)n1N=Cc1cc(Br)cc([N+](=O)[O-])c1OC(C)=O. The first-order valence-corrected chi connectivity index (χ1v) is 10.7. The fourth-order valence-corrected chi connectivity index (χ4v) is 3.73. The van der Waals surface area contributed by atoms with Gasteiger partial charge in [-0.15, -0.1) is 0 Å². The third kappa shape index (κ3) is 5.05. The van der Waals surface area contributed by atoms with Crippen LogP contribution in [0.25, 0.3) is 10.9 Å². The Morgan fingerprint density at radius 2 is 2.03 bits per heavy atom. The number of ether oxygens (including phenoxy) is 1. The van der Waals surface area contributed by atoms with E-state index in [0.717, 1.165) is 22.5 Å². The number of rotatable bonds is 6. The molecule has 0 unspecified atom stereocenters. The van der Waals surface area contributed by atoms with Gasteiger partial charge in [0.25, 0.3) is 5.56 Å². The van der Waals surface area contributed by atoms with E-state index in [9.17, 15) is 19.7 Å². The van der Waals surface area contributed by atoms with E-state index in [-0.39, 0.29) is 16.9 Å². The maximum Gasteiger partial charge on any atom is 0.313 e. The summed E-state index contributed by atoms with van der Waals surface area (Å²) in [6, 6.07) is 7.92. The van der Waals surface area contributed by atoms with Crippen LogP contribution in [0.3, 0.4) is 0 Å². The van der Waals surface area contributed by atoms with Crippen LogP contribution in [0.15, 0.2) is 49.2 Å². The van der Waals surface area contributed by atoms with Crippen molar-refractivity contribution < 1.29 is 14.5 Å². The molecule has 0 atom stereocenters.